The minimum Gasteiger partial charge on any atom is -0.468 e. The second-order valence-electron chi connectivity index (χ2n) is 5.50. The zero-order valence-corrected chi connectivity index (χ0v) is 12.7. The van der Waals surface area contributed by atoms with Crippen LogP contribution in [0.25, 0.3) is 0 Å². The number of ether oxygens (including phenoxy) is 1. The maximum absolute atomic E-state index is 12.5. The quantitative estimate of drug-likeness (QED) is 0.715. The van der Waals surface area contributed by atoms with E-state index in [-0.39, 0.29) is 17.7 Å². The molecule has 0 N–H and O–H groups in total. The number of methoxy groups -OCH3 is 1. The van der Waals surface area contributed by atoms with Gasteiger partial charge in [-0.1, -0.05) is 0 Å². The van der Waals surface area contributed by atoms with Crippen LogP contribution in [0.2, 0.25) is 0 Å². The largest absolute Gasteiger partial charge is 0.468 e. The summed E-state index contributed by atoms with van der Waals surface area (Å²) in [5, 5.41) is -1.22. The molecule has 2 rings (SSSR count). The molecule has 7 heteroatoms. The maximum Gasteiger partial charge on any atom is 0.325 e. The molecule has 3 atom stereocenters. The van der Waals surface area contributed by atoms with Crippen molar-refractivity contribution in [3.8, 4) is 0 Å². The van der Waals surface area contributed by atoms with E-state index in [1.807, 2.05) is 0 Å². The van der Waals surface area contributed by atoms with Gasteiger partial charge >= 0.3 is 5.97 Å². The number of ketones is 1. The molecule has 0 spiro atoms. The second-order valence-corrected chi connectivity index (χ2v) is 7.70. The van der Waals surface area contributed by atoms with Gasteiger partial charge in [0.05, 0.1) is 7.11 Å². The van der Waals surface area contributed by atoms with E-state index in [1.165, 1.54) is 18.3 Å². The van der Waals surface area contributed by atoms with Gasteiger partial charge in [0.15, 0.2) is 5.25 Å². The Labute approximate surface area is 119 Å². The maximum atomic E-state index is 12.5. The van der Waals surface area contributed by atoms with Crippen molar-refractivity contribution in [3.05, 3.63) is 0 Å². The Morgan fingerprint density at radius 1 is 1.35 bits per heavy atom. The molecule has 0 aromatic rings. The van der Waals surface area contributed by atoms with E-state index in [0.717, 1.165) is 19.3 Å². The van der Waals surface area contributed by atoms with Gasteiger partial charge in [0.1, 0.15) is 5.78 Å². The van der Waals surface area contributed by atoms with Gasteiger partial charge < -0.3 is 4.74 Å². The fraction of sp³-hybridized carbons (Fsp3) is 0.846. The number of nitrogens with zero attached hydrogens (tertiary/aromatic N) is 1. The summed E-state index contributed by atoms with van der Waals surface area (Å²) in [5.41, 5.74) is 0. The Hall–Kier alpha value is -0.950. The van der Waals surface area contributed by atoms with Crippen LogP contribution in [0.4, 0.5) is 0 Å². The molecule has 0 radical (unpaired) electrons. The first-order valence-electron chi connectivity index (χ1n) is 7.00. The first-order chi connectivity index (χ1) is 9.39. The highest BCUT2D eigenvalue weighted by Crippen LogP contribution is 2.35. The molecule has 0 aromatic heterocycles. The van der Waals surface area contributed by atoms with Crippen molar-refractivity contribution < 1.29 is 22.7 Å². The SMILES string of the molecule is COC(=O)C(C)S(=O)(=O)N1CCCC1C1CCCC1=O. The lowest BCUT2D eigenvalue weighted by atomic mass is 9.96. The van der Waals surface area contributed by atoms with Gasteiger partial charge in [-0.15, -0.1) is 0 Å². The first kappa shape index (κ1) is 15.4. The van der Waals surface area contributed by atoms with Crippen LogP contribution in [0.5, 0.6) is 0 Å². The summed E-state index contributed by atoms with van der Waals surface area (Å²) in [4.78, 5) is 23.4. The summed E-state index contributed by atoms with van der Waals surface area (Å²) >= 11 is 0. The third kappa shape index (κ3) is 2.61. The Balaban J connectivity index is 2.22. The van der Waals surface area contributed by atoms with Crippen molar-refractivity contribution in [2.24, 2.45) is 5.92 Å². The Morgan fingerprint density at radius 2 is 2.05 bits per heavy atom. The molecular weight excluding hydrogens is 282 g/mol. The lowest BCUT2D eigenvalue weighted by Crippen LogP contribution is -2.47. The van der Waals surface area contributed by atoms with Crippen molar-refractivity contribution in [3.63, 3.8) is 0 Å². The van der Waals surface area contributed by atoms with Crippen LogP contribution in [-0.2, 0) is 24.3 Å². The van der Waals surface area contributed by atoms with Gasteiger partial charge in [0.2, 0.25) is 10.0 Å². The molecule has 2 fully saturated rings. The predicted octanol–water partition coefficient (Wildman–Crippen LogP) is 0.711. The molecule has 3 unspecified atom stereocenters. The lowest BCUT2D eigenvalue weighted by molar-refractivity contribution is -0.139. The van der Waals surface area contributed by atoms with Crippen molar-refractivity contribution >= 4 is 21.8 Å². The highest BCUT2D eigenvalue weighted by molar-refractivity contribution is 7.90. The summed E-state index contributed by atoms with van der Waals surface area (Å²) in [7, 11) is -2.58. The van der Waals surface area contributed by atoms with Gasteiger partial charge in [-0.3, -0.25) is 9.59 Å². The zero-order chi connectivity index (χ0) is 14.9. The van der Waals surface area contributed by atoms with E-state index in [4.69, 9.17) is 0 Å². The number of sulfonamides is 1. The van der Waals surface area contributed by atoms with E-state index in [1.54, 1.807) is 0 Å². The smallest absolute Gasteiger partial charge is 0.325 e. The monoisotopic (exact) mass is 303 g/mol. The van der Waals surface area contributed by atoms with Crippen LogP contribution in [0.1, 0.15) is 39.0 Å². The third-order valence-corrected chi connectivity index (χ3v) is 6.56. The average Bonchev–Trinajstić information content (AvgIpc) is 3.04. The zero-order valence-electron chi connectivity index (χ0n) is 11.9. The number of carbonyl (C=O) groups excluding carboxylic acids is 2. The number of esters is 1. The van der Waals surface area contributed by atoms with E-state index >= 15 is 0 Å². The van der Waals surface area contributed by atoms with E-state index in [0.29, 0.717) is 19.4 Å². The Morgan fingerprint density at radius 3 is 2.60 bits per heavy atom. The molecule has 6 nitrogen and oxygen atoms in total. The molecule has 20 heavy (non-hydrogen) atoms. The topological polar surface area (TPSA) is 80.8 Å². The number of hydrogen-bond acceptors (Lipinski definition) is 5. The number of carbonyl (C=O) groups is 2. The van der Waals surface area contributed by atoms with Crippen LogP contribution in [0.15, 0.2) is 0 Å². The molecular formula is C13H21NO5S. The second kappa shape index (κ2) is 5.81. The van der Waals surface area contributed by atoms with E-state index in [9.17, 15) is 18.0 Å². The molecule has 1 heterocycles. The molecule has 2 aliphatic rings. The highest BCUT2D eigenvalue weighted by atomic mass is 32.2. The third-order valence-electron chi connectivity index (χ3n) is 4.37. The summed E-state index contributed by atoms with van der Waals surface area (Å²) in [5.74, 6) is -0.798. The summed E-state index contributed by atoms with van der Waals surface area (Å²) in [6.45, 7) is 1.73. The predicted molar refractivity (Wildman–Crippen MR) is 72.5 cm³/mol. The Bertz CT molecular complexity index is 501. The highest BCUT2D eigenvalue weighted by Gasteiger charge is 2.46. The molecule has 114 valence electrons. The van der Waals surface area contributed by atoms with Gasteiger partial charge in [-0.25, -0.2) is 8.42 Å². The summed E-state index contributed by atoms with van der Waals surface area (Å²) < 4.78 is 30.9. The van der Waals surface area contributed by atoms with Crippen molar-refractivity contribution in [2.45, 2.75) is 50.3 Å². The lowest BCUT2D eigenvalue weighted by Gasteiger charge is -2.29. The minimum absolute atomic E-state index is 0.155. The molecule has 0 bridgehead atoms. The van der Waals surface area contributed by atoms with Crippen LogP contribution < -0.4 is 0 Å². The number of hydrogen-bond donors (Lipinski definition) is 0. The van der Waals surface area contributed by atoms with Crippen molar-refractivity contribution in [1.29, 1.82) is 0 Å². The van der Waals surface area contributed by atoms with Crippen LogP contribution >= 0.6 is 0 Å². The van der Waals surface area contributed by atoms with E-state index in [2.05, 4.69) is 4.74 Å². The number of Topliss-reactive ketones (excluding diaryl/α,β-unsaturated/α-hetero) is 1. The molecule has 1 aliphatic heterocycles. The Kier molecular flexibility index (Phi) is 4.49. The average molecular weight is 303 g/mol. The molecule has 0 aromatic carbocycles. The van der Waals surface area contributed by atoms with Crippen LogP contribution in [-0.4, -0.2) is 49.4 Å². The molecule has 0 amide bonds. The van der Waals surface area contributed by atoms with Gasteiger partial charge in [0.25, 0.3) is 0 Å². The minimum atomic E-state index is -3.75. The summed E-state index contributed by atoms with van der Waals surface area (Å²) in [6, 6.07) is -0.276. The fourth-order valence-electron chi connectivity index (χ4n) is 3.22. The normalized spacial score (nSPS) is 29.6. The van der Waals surface area contributed by atoms with Gasteiger partial charge in [-0.2, -0.15) is 4.31 Å². The molecule has 1 saturated heterocycles. The van der Waals surface area contributed by atoms with Gasteiger partial charge in [0, 0.05) is 24.9 Å². The van der Waals surface area contributed by atoms with Crippen molar-refractivity contribution in [1.82, 2.24) is 4.31 Å². The molecule has 1 aliphatic carbocycles. The first-order valence-corrected chi connectivity index (χ1v) is 8.51. The van der Waals surface area contributed by atoms with Crippen LogP contribution in [0, 0.1) is 5.92 Å². The van der Waals surface area contributed by atoms with E-state index < -0.39 is 21.2 Å². The van der Waals surface area contributed by atoms with Gasteiger partial charge in [-0.05, 0) is 32.6 Å². The number of rotatable bonds is 4. The fourth-order valence-corrected chi connectivity index (χ4v) is 4.98. The molecule has 1 saturated carbocycles. The summed E-state index contributed by atoms with van der Waals surface area (Å²) in [6.07, 6.45) is 3.56. The van der Waals surface area contributed by atoms with Crippen molar-refractivity contribution in [2.75, 3.05) is 13.7 Å². The standard InChI is InChI=1S/C13H21NO5S/c1-9(13(16)19-2)20(17,18)14-8-4-6-11(14)10-5-3-7-12(10)15/h9-11H,3-8H2,1-2H3. The van der Waals surface area contributed by atoms with Crippen LogP contribution in [0.3, 0.4) is 0 Å².